The molecule has 4 heteroatoms. The van der Waals surface area contributed by atoms with Gasteiger partial charge in [-0.25, -0.2) is 0 Å². The van der Waals surface area contributed by atoms with Gasteiger partial charge in [-0.05, 0) is 53.3 Å². The highest BCUT2D eigenvalue weighted by atomic mass is 16.5. The van der Waals surface area contributed by atoms with Crippen LogP contribution in [0.5, 0.6) is 11.5 Å². The van der Waals surface area contributed by atoms with E-state index in [2.05, 4.69) is 79.7 Å². The zero-order chi connectivity index (χ0) is 25.0. The van der Waals surface area contributed by atoms with Gasteiger partial charge < -0.3 is 9.47 Å². The molecule has 178 valence electrons. The maximum Gasteiger partial charge on any atom is 0.308 e. The van der Waals surface area contributed by atoms with Crippen molar-refractivity contribution in [3.63, 3.8) is 0 Å². The average Bonchev–Trinajstić information content (AvgIpc) is 2.86. The lowest BCUT2D eigenvalue weighted by Gasteiger charge is -2.51. The third kappa shape index (κ3) is 3.21. The van der Waals surface area contributed by atoms with Crippen molar-refractivity contribution in [2.24, 2.45) is 0 Å². The molecule has 0 spiro atoms. The minimum Gasteiger partial charge on any atom is -0.426 e. The molecule has 4 aromatic carbocycles. The molecule has 2 bridgehead atoms. The van der Waals surface area contributed by atoms with E-state index in [0.717, 1.165) is 11.1 Å². The number of hydrogen-bond donors (Lipinski definition) is 0. The summed E-state index contributed by atoms with van der Waals surface area (Å²) in [6.07, 6.45) is 0.665. The van der Waals surface area contributed by atoms with Crippen LogP contribution in [0, 0.1) is 6.92 Å². The van der Waals surface area contributed by atoms with Crippen molar-refractivity contribution < 1.29 is 19.1 Å². The Balaban J connectivity index is 1.75. The van der Waals surface area contributed by atoms with E-state index in [1.807, 2.05) is 0 Å². The van der Waals surface area contributed by atoms with Crippen molar-refractivity contribution in [1.82, 2.24) is 0 Å². The van der Waals surface area contributed by atoms with Crippen LogP contribution in [0.25, 0.3) is 0 Å². The highest BCUT2D eigenvalue weighted by Crippen LogP contribution is 2.64. The molecule has 3 aliphatic carbocycles. The van der Waals surface area contributed by atoms with E-state index < -0.39 is 5.41 Å². The van der Waals surface area contributed by atoms with Crippen molar-refractivity contribution in [2.75, 3.05) is 0 Å². The molecule has 3 aliphatic rings. The fourth-order valence-corrected chi connectivity index (χ4v) is 6.25. The molecule has 0 N–H and O–H groups in total. The number of carbonyl (C=O) groups is 2. The van der Waals surface area contributed by atoms with E-state index in [1.54, 1.807) is 12.1 Å². The van der Waals surface area contributed by atoms with Crippen LogP contribution in [0.1, 0.15) is 64.3 Å². The smallest absolute Gasteiger partial charge is 0.308 e. The summed E-state index contributed by atoms with van der Waals surface area (Å²) in [5, 5.41) is 0. The lowest BCUT2D eigenvalue weighted by atomic mass is 9.51. The maximum absolute atomic E-state index is 12.3. The second kappa shape index (κ2) is 8.20. The fourth-order valence-electron chi connectivity index (χ4n) is 6.25. The van der Waals surface area contributed by atoms with Gasteiger partial charge in [-0.3, -0.25) is 9.59 Å². The Bertz CT molecular complexity index is 1480. The Labute approximate surface area is 210 Å². The summed E-state index contributed by atoms with van der Waals surface area (Å²) < 4.78 is 11.6. The number of carbonyl (C=O) groups excluding carboxylic acids is 2. The molecule has 0 unspecified atom stereocenters. The van der Waals surface area contributed by atoms with Gasteiger partial charge >= 0.3 is 11.9 Å². The van der Waals surface area contributed by atoms with Crippen LogP contribution in [-0.4, -0.2) is 11.9 Å². The predicted molar refractivity (Wildman–Crippen MR) is 138 cm³/mol. The third-order valence-electron chi connectivity index (χ3n) is 7.44. The highest BCUT2D eigenvalue weighted by Gasteiger charge is 2.54. The Morgan fingerprint density at radius 1 is 0.722 bits per heavy atom. The van der Waals surface area contributed by atoms with Crippen LogP contribution in [0.3, 0.4) is 0 Å². The summed E-state index contributed by atoms with van der Waals surface area (Å²) in [6.45, 7) is 4.91. The normalized spacial score (nSPS) is 18.6. The number of hydrogen-bond acceptors (Lipinski definition) is 4. The standard InChI is InChI=1S/C32H26O4/c1-19-12-14-22(15-13-19)18-32-25-10-6-4-8-23(25)29(24-9-5-7-11-26(24)32)30-27(35-20(2)33)16-17-28(31(30)32)36-21(3)34/h4-17,29H,18H2,1-3H3. The SMILES string of the molecule is CC(=O)Oc1ccc(OC(C)=O)c2c1C1c3ccccc3C2(Cc2ccc(C)cc2)c2ccccc21. The molecule has 0 radical (unpaired) electrons. The lowest BCUT2D eigenvalue weighted by Crippen LogP contribution is -2.44. The molecule has 0 aliphatic heterocycles. The molecule has 36 heavy (non-hydrogen) atoms. The van der Waals surface area contributed by atoms with Gasteiger partial charge in [0.05, 0.1) is 5.41 Å². The van der Waals surface area contributed by atoms with Crippen LogP contribution in [0.4, 0.5) is 0 Å². The summed E-state index contributed by atoms with van der Waals surface area (Å²) in [7, 11) is 0. The number of esters is 2. The van der Waals surface area contributed by atoms with E-state index >= 15 is 0 Å². The molecular formula is C32H26O4. The van der Waals surface area contributed by atoms with Crippen LogP contribution in [-0.2, 0) is 21.4 Å². The number of rotatable bonds is 4. The predicted octanol–water partition coefficient (Wildman–Crippen LogP) is 6.23. The van der Waals surface area contributed by atoms with Gasteiger partial charge in [-0.2, -0.15) is 0 Å². The van der Waals surface area contributed by atoms with Crippen LogP contribution >= 0.6 is 0 Å². The largest absolute Gasteiger partial charge is 0.426 e. The summed E-state index contributed by atoms with van der Waals surface area (Å²) in [4.78, 5) is 24.4. The zero-order valence-electron chi connectivity index (χ0n) is 20.5. The Kier molecular flexibility index (Phi) is 5.08. The van der Waals surface area contributed by atoms with Gasteiger partial charge in [0, 0.05) is 30.9 Å². The topological polar surface area (TPSA) is 52.6 Å². The zero-order valence-corrected chi connectivity index (χ0v) is 20.5. The monoisotopic (exact) mass is 474 g/mol. The molecule has 0 aromatic heterocycles. The molecule has 0 saturated carbocycles. The van der Waals surface area contributed by atoms with Crippen molar-refractivity contribution >= 4 is 11.9 Å². The minimum absolute atomic E-state index is 0.142. The van der Waals surface area contributed by atoms with Gasteiger partial charge in [-0.15, -0.1) is 0 Å². The first-order valence-electron chi connectivity index (χ1n) is 12.2. The second-order valence-corrected chi connectivity index (χ2v) is 9.71. The van der Waals surface area contributed by atoms with Crippen LogP contribution < -0.4 is 9.47 Å². The van der Waals surface area contributed by atoms with Gasteiger partial charge in [0.2, 0.25) is 0 Å². The molecule has 4 nitrogen and oxygen atoms in total. The minimum atomic E-state index is -0.631. The Morgan fingerprint density at radius 3 is 1.83 bits per heavy atom. The summed E-state index contributed by atoms with van der Waals surface area (Å²) in [6, 6.07) is 29.1. The van der Waals surface area contributed by atoms with Gasteiger partial charge in [-0.1, -0.05) is 78.4 Å². The average molecular weight is 475 g/mol. The van der Waals surface area contributed by atoms with E-state index in [1.165, 1.54) is 47.2 Å². The van der Waals surface area contributed by atoms with Crippen LogP contribution in [0.2, 0.25) is 0 Å². The van der Waals surface area contributed by atoms with E-state index in [4.69, 9.17) is 9.47 Å². The molecule has 0 fully saturated rings. The van der Waals surface area contributed by atoms with Crippen molar-refractivity contribution in [3.8, 4) is 11.5 Å². The molecule has 7 rings (SSSR count). The molecule has 0 atom stereocenters. The van der Waals surface area contributed by atoms with Crippen molar-refractivity contribution in [1.29, 1.82) is 0 Å². The summed E-state index contributed by atoms with van der Waals surface area (Å²) >= 11 is 0. The molecule has 0 heterocycles. The number of aryl methyl sites for hydroxylation is 1. The van der Waals surface area contributed by atoms with E-state index in [9.17, 15) is 9.59 Å². The molecular weight excluding hydrogens is 448 g/mol. The first-order chi connectivity index (χ1) is 17.4. The summed E-state index contributed by atoms with van der Waals surface area (Å²) in [5.41, 5.74) is 8.28. The number of ether oxygens (including phenoxy) is 2. The van der Waals surface area contributed by atoms with E-state index in [-0.39, 0.29) is 17.9 Å². The van der Waals surface area contributed by atoms with Crippen molar-refractivity contribution in [2.45, 2.75) is 38.5 Å². The van der Waals surface area contributed by atoms with Crippen LogP contribution in [0.15, 0.2) is 84.9 Å². The Morgan fingerprint density at radius 2 is 1.25 bits per heavy atom. The van der Waals surface area contributed by atoms with Gasteiger partial charge in [0.25, 0.3) is 0 Å². The van der Waals surface area contributed by atoms with Crippen molar-refractivity contribution in [3.05, 3.63) is 129 Å². The first kappa shape index (κ1) is 22.3. The maximum atomic E-state index is 12.3. The molecule has 0 amide bonds. The highest BCUT2D eigenvalue weighted by molar-refractivity contribution is 5.80. The quantitative estimate of drug-likeness (QED) is 0.260. The second-order valence-electron chi connectivity index (χ2n) is 9.71. The third-order valence-corrected chi connectivity index (χ3v) is 7.44. The lowest BCUT2D eigenvalue weighted by molar-refractivity contribution is -0.133. The molecule has 4 aromatic rings. The van der Waals surface area contributed by atoms with Gasteiger partial charge in [0.15, 0.2) is 0 Å². The van der Waals surface area contributed by atoms with Gasteiger partial charge in [0.1, 0.15) is 11.5 Å². The summed E-state index contributed by atoms with van der Waals surface area (Å²) in [5.74, 6) is 0.112. The fraction of sp³-hybridized carbons (Fsp3) is 0.188. The van der Waals surface area contributed by atoms with E-state index in [0.29, 0.717) is 17.9 Å². The Hall–Kier alpha value is -4.18. The molecule has 0 saturated heterocycles. The number of benzene rings is 4. The first-order valence-corrected chi connectivity index (χ1v) is 12.2.